The van der Waals surface area contributed by atoms with Crippen molar-refractivity contribution >= 4 is 51.0 Å². The van der Waals surface area contributed by atoms with Crippen molar-refractivity contribution in [3.8, 4) is 0 Å². The number of imidazole rings is 1. The van der Waals surface area contributed by atoms with Gasteiger partial charge in [-0.3, -0.25) is 33.5 Å². The van der Waals surface area contributed by atoms with Crippen molar-refractivity contribution in [2.24, 2.45) is 7.05 Å². The fourth-order valence-corrected chi connectivity index (χ4v) is 7.57. The molecule has 0 bridgehead atoms. The third-order valence-corrected chi connectivity index (χ3v) is 10.2. The van der Waals surface area contributed by atoms with E-state index in [-0.39, 0.29) is 48.4 Å². The number of rotatable bonds is 7. The molecular weight excluding hydrogens is 681 g/mol. The van der Waals surface area contributed by atoms with Gasteiger partial charge in [-0.05, 0) is 74.6 Å². The van der Waals surface area contributed by atoms with Gasteiger partial charge in [0.2, 0.25) is 11.8 Å². The Morgan fingerprint density at radius 3 is 2.48 bits per heavy atom. The maximum absolute atomic E-state index is 13.3. The van der Waals surface area contributed by atoms with Crippen LogP contribution in [0.5, 0.6) is 0 Å². The number of alkyl halides is 3. The second-order valence-corrected chi connectivity index (χ2v) is 13.7. The van der Waals surface area contributed by atoms with E-state index in [4.69, 9.17) is 9.84 Å². The highest BCUT2D eigenvalue weighted by atomic mass is 19.4. The van der Waals surface area contributed by atoms with Crippen molar-refractivity contribution in [3.05, 3.63) is 82.7 Å². The number of halogens is 3. The summed E-state index contributed by atoms with van der Waals surface area (Å²) in [6.07, 6.45) is 1.34. The number of hydrogen-bond acceptors (Lipinski definition) is 8. The van der Waals surface area contributed by atoms with Crippen LogP contribution in [-0.4, -0.2) is 66.9 Å². The molecule has 2 aromatic carbocycles. The molecule has 2 N–H and O–H groups in total. The van der Waals surface area contributed by atoms with Gasteiger partial charge in [0.25, 0.3) is 5.91 Å². The molecule has 0 spiro atoms. The molecule has 270 valence electrons. The first kappa shape index (κ1) is 33.6. The zero-order valence-corrected chi connectivity index (χ0v) is 28.1. The molecule has 1 atom stereocenters. The molecule has 1 unspecified atom stereocenters. The van der Waals surface area contributed by atoms with Gasteiger partial charge >= 0.3 is 11.9 Å². The number of hydrogen-bond donors (Lipinski definition) is 2. The van der Waals surface area contributed by atoms with Gasteiger partial charge in [0.1, 0.15) is 17.4 Å². The van der Waals surface area contributed by atoms with Crippen LogP contribution < -0.4 is 21.2 Å². The first-order valence-electron chi connectivity index (χ1n) is 17.2. The average Bonchev–Trinajstić information content (AvgIpc) is 3.64. The molecule has 8 rings (SSSR count). The first-order valence-corrected chi connectivity index (χ1v) is 17.2. The summed E-state index contributed by atoms with van der Waals surface area (Å²) in [7, 11) is 1.70. The summed E-state index contributed by atoms with van der Waals surface area (Å²) in [6, 6.07) is 13.5. The number of imide groups is 1. The van der Waals surface area contributed by atoms with Gasteiger partial charge in [-0.25, -0.2) is 9.78 Å². The van der Waals surface area contributed by atoms with Crippen molar-refractivity contribution in [2.45, 2.75) is 69.0 Å². The van der Waals surface area contributed by atoms with Gasteiger partial charge in [-0.2, -0.15) is 18.3 Å². The van der Waals surface area contributed by atoms with E-state index in [1.54, 1.807) is 29.8 Å². The topological polar surface area (TPSA) is 145 Å². The monoisotopic (exact) mass is 716 g/mol. The van der Waals surface area contributed by atoms with Crippen LogP contribution in [0.2, 0.25) is 0 Å². The molecule has 3 aliphatic rings. The number of amides is 3. The summed E-state index contributed by atoms with van der Waals surface area (Å²) in [5, 5.41) is 10.5. The molecule has 3 aromatic heterocycles. The highest BCUT2D eigenvalue weighted by Gasteiger charge is 2.36. The van der Waals surface area contributed by atoms with E-state index in [1.165, 1.54) is 10.6 Å². The van der Waals surface area contributed by atoms with E-state index in [2.05, 4.69) is 20.5 Å². The largest absolute Gasteiger partial charge is 0.433 e. The van der Waals surface area contributed by atoms with Gasteiger partial charge in [0.15, 0.2) is 0 Å². The van der Waals surface area contributed by atoms with Crippen LogP contribution in [0.1, 0.15) is 66.8 Å². The lowest BCUT2D eigenvalue weighted by atomic mass is 9.92. The number of anilines is 2. The summed E-state index contributed by atoms with van der Waals surface area (Å²) in [5.74, 6) is -1.53. The van der Waals surface area contributed by atoms with E-state index < -0.39 is 29.7 Å². The number of piperidine rings is 1. The maximum Gasteiger partial charge on any atom is 0.433 e. The highest BCUT2D eigenvalue weighted by molar-refractivity contribution is 6.04. The third kappa shape index (κ3) is 6.20. The van der Waals surface area contributed by atoms with E-state index in [9.17, 15) is 32.3 Å². The molecule has 16 heteroatoms. The van der Waals surface area contributed by atoms with Crippen molar-refractivity contribution < 1.29 is 32.3 Å². The van der Waals surface area contributed by atoms with Crippen LogP contribution >= 0.6 is 0 Å². The highest BCUT2D eigenvalue weighted by Crippen LogP contribution is 2.36. The van der Waals surface area contributed by atoms with Crippen LogP contribution in [0.25, 0.3) is 21.9 Å². The Kier molecular flexibility index (Phi) is 8.35. The van der Waals surface area contributed by atoms with Crippen LogP contribution in [0, 0.1) is 0 Å². The number of para-hydroxylation sites is 1. The van der Waals surface area contributed by atoms with Crippen molar-refractivity contribution in [1.82, 2.24) is 29.2 Å². The third-order valence-electron chi connectivity index (χ3n) is 10.2. The van der Waals surface area contributed by atoms with Crippen LogP contribution in [-0.2, 0) is 27.5 Å². The smallest absolute Gasteiger partial charge is 0.371 e. The molecule has 3 amide bonds. The molecule has 5 aromatic rings. The number of nitrogens with one attached hydrogen (secondary N) is 2. The average molecular weight is 717 g/mol. The Labute approximate surface area is 294 Å². The van der Waals surface area contributed by atoms with Crippen LogP contribution in [0.15, 0.2) is 65.6 Å². The SMILES string of the molecule is Cn1c(=O)n(C2CCC(=O)NC2=O)c2cccc(N3CC(OC4CCC(n5cc6cc(NC(=O)c7cccc(C(F)(F)F)n7)ccc6n5)CC4)C3)c21. The number of carbonyl (C=O) groups is 3. The minimum absolute atomic E-state index is 0.0399. The van der Waals surface area contributed by atoms with E-state index in [0.717, 1.165) is 59.9 Å². The molecule has 2 saturated heterocycles. The number of pyridine rings is 1. The number of nitrogens with zero attached hydrogens (tertiary/aromatic N) is 6. The number of fused-ring (bicyclic) bond motifs is 2. The number of aryl methyl sites for hydroxylation is 1. The minimum Gasteiger partial charge on any atom is -0.371 e. The Balaban J connectivity index is 0.866. The van der Waals surface area contributed by atoms with Crippen molar-refractivity contribution in [1.29, 1.82) is 0 Å². The van der Waals surface area contributed by atoms with E-state index in [0.29, 0.717) is 24.3 Å². The summed E-state index contributed by atoms with van der Waals surface area (Å²) in [6.45, 7) is 1.34. The standard InChI is InChI=1S/C36H35F3N8O5/c1-44-32-27(5-3-6-28(32)47(35(44)51)29-14-15-31(48)42-34(29)50)45-18-24(19-45)52-23-11-9-22(10-12-23)46-17-20-16-21(8-13-25(20)43-46)40-33(49)26-4-2-7-30(41-26)36(37,38)39/h2-8,13,16-17,22-24,29H,9-12,14-15,18-19H2,1H3,(H,40,49)(H,42,48,50). The molecule has 1 saturated carbocycles. The number of aromatic nitrogens is 5. The number of ether oxygens (including phenoxy) is 1. The molecule has 0 radical (unpaired) electrons. The number of benzene rings is 2. The molecule has 1 aliphatic carbocycles. The second kappa shape index (κ2) is 12.9. The molecule has 52 heavy (non-hydrogen) atoms. The maximum atomic E-state index is 13.3. The summed E-state index contributed by atoms with van der Waals surface area (Å²) >= 11 is 0. The van der Waals surface area contributed by atoms with Crippen molar-refractivity contribution in [2.75, 3.05) is 23.3 Å². The zero-order valence-electron chi connectivity index (χ0n) is 28.1. The zero-order chi connectivity index (χ0) is 36.3. The molecule has 2 aliphatic heterocycles. The molecule has 13 nitrogen and oxygen atoms in total. The quantitative estimate of drug-likeness (QED) is 0.230. The molecule has 3 fully saturated rings. The van der Waals surface area contributed by atoms with Gasteiger partial charge in [-0.1, -0.05) is 12.1 Å². The Morgan fingerprint density at radius 1 is 0.962 bits per heavy atom. The fraction of sp³-hybridized carbons (Fsp3) is 0.389. The lowest BCUT2D eigenvalue weighted by Gasteiger charge is -2.43. The summed E-state index contributed by atoms with van der Waals surface area (Å²) < 4.78 is 50.6. The van der Waals surface area contributed by atoms with Crippen LogP contribution in [0.4, 0.5) is 24.5 Å². The second-order valence-electron chi connectivity index (χ2n) is 13.7. The summed E-state index contributed by atoms with van der Waals surface area (Å²) in [4.78, 5) is 55.9. The predicted octanol–water partition coefficient (Wildman–Crippen LogP) is 4.72. The number of carbonyl (C=O) groups excluding carboxylic acids is 3. The molecule has 5 heterocycles. The normalized spacial score (nSPS) is 21.4. The van der Waals surface area contributed by atoms with E-state index >= 15 is 0 Å². The Hall–Kier alpha value is -5.51. The van der Waals surface area contributed by atoms with Gasteiger partial charge in [-0.15, -0.1) is 0 Å². The predicted molar refractivity (Wildman–Crippen MR) is 184 cm³/mol. The minimum atomic E-state index is -4.65. The van der Waals surface area contributed by atoms with Crippen molar-refractivity contribution in [3.63, 3.8) is 0 Å². The lowest BCUT2D eigenvalue weighted by molar-refractivity contribution is -0.141. The van der Waals surface area contributed by atoms with E-state index in [1.807, 2.05) is 29.1 Å². The summed E-state index contributed by atoms with van der Waals surface area (Å²) in [5.41, 5.74) is 1.70. The van der Waals surface area contributed by atoms with Gasteiger partial charge in [0.05, 0.1) is 40.5 Å². The Morgan fingerprint density at radius 2 is 1.73 bits per heavy atom. The van der Waals surface area contributed by atoms with Gasteiger partial charge in [0, 0.05) is 43.8 Å². The fourth-order valence-electron chi connectivity index (χ4n) is 7.57. The Bertz CT molecular complexity index is 2280. The van der Waals surface area contributed by atoms with Gasteiger partial charge < -0.3 is 15.0 Å². The first-order chi connectivity index (χ1) is 24.9. The lowest BCUT2D eigenvalue weighted by Crippen LogP contribution is -2.54. The molecular formula is C36H35F3N8O5. The van der Waals surface area contributed by atoms with Crippen LogP contribution in [0.3, 0.4) is 0 Å².